The number of aliphatic hydroxyl groups excluding tert-OH is 1. The second-order valence-electron chi connectivity index (χ2n) is 3.22. The highest BCUT2D eigenvalue weighted by atomic mass is 79.9. The maximum atomic E-state index is 11.1. The SMILES string of the molecule is O=[N+]([O-])[N+]1(CCO)C=CN=C1CNCCBr. The van der Waals surface area contributed by atoms with Gasteiger partial charge in [0.05, 0.1) is 19.4 Å². The van der Waals surface area contributed by atoms with Crippen LogP contribution in [0.1, 0.15) is 0 Å². The average Bonchev–Trinajstić information content (AvgIpc) is 2.64. The molecule has 0 bridgehead atoms. The zero-order chi connectivity index (χ0) is 12.0. The minimum atomic E-state index is -0.605. The smallest absolute Gasteiger partial charge is 0.284 e. The molecule has 2 N–H and O–H groups in total. The van der Waals surface area contributed by atoms with Gasteiger partial charge in [0.25, 0.3) is 5.84 Å². The number of hydrogen-bond donors (Lipinski definition) is 2. The van der Waals surface area contributed by atoms with Crippen LogP contribution in [0.25, 0.3) is 0 Å². The van der Waals surface area contributed by atoms with Crippen molar-refractivity contribution in [3.05, 3.63) is 22.5 Å². The minimum absolute atomic E-state index is 0.00166. The lowest BCUT2D eigenvalue weighted by Crippen LogP contribution is -2.55. The van der Waals surface area contributed by atoms with Crippen LogP contribution in [0.15, 0.2) is 17.4 Å². The molecule has 1 atom stereocenters. The zero-order valence-electron chi connectivity index (χ0n) is 8.67. The number of aliphatic hydroxyl groups is 1. The summed E-state index contributed by atoms with van der Waals surface area (Å²) < 4.78 is -0.605. The first kappa shape index (κ1) is 13.2. The highest BCUT2D eigenvalue weighted by Gasteiger charge is 2.47. The normalized spacial score (nSPS) is 23.5. The van der Waals surface area contributed by atoms with Gasteiger partial charge in [-0.05, 0) is 0 Å². The van der Waals surface area contributed by atoms with Crippen molar-refractivity contribution in [1.82, 2.24) is 5.32 Å². The molecule has 90 valence electrons. The number of aliphatic imine (C=N–C) groups is 1. The lowest BCUT2D eigenvalue weighted by atomic mass is 10.4. The molecule has 16 heavy (non-hydrogen) atoms. The van der Waals surface area contributed by atoms with Gasteiger partial charge in [0, 0.05) is 16.5 Å². The lowest BCUT2D eigenvalue weighted by molar-refractivity contribution is -1.24. The summed E-state index contributed by atoms with van der Waals surface area (Å²) >= 11 is 3.25. The number of alkyl halides is 1. The van der Waals surface area contributed by atoms with Gasteiger partial charge in [-0.15, -0.1) is 0 Å². The summed E-state index contributed by atoms with van der Waals surface area (Å²) in [6, 6.07) is 0. The van der Waals surface area contributed by atoms with Crippen molar-refractivity contribution in [3.63, 3.8) is 0 Å². The summed E-state index contributed by atoms with van der Waals surface area (Å²) in [5.74, 6) is 0.389. The molecule has 1 rings (SSSR count). The second kappa shape index (κ2) is 6.04. The van der Waals surface area contributed by atoms with Gasteiger partial charge in [-0.25, -0.2) is 10.1 Å². The Bertz CT molecular complexity index is 320. The maximum Gasteiger partial charge on any atom is 0.284 e. The van der Waals surface area contributed by atoms with Crippen molar-refractivity contribution in [1.29, 1.82) is 0 Å². The van der Waals surface area contributed by atoms with E-state index in [2.05, 4.69) is 26.2 Å². The van der Waals surface area contributed by atoms with Gasteiger partial charge < -0.3 is 10.4 Å². The second-order valence-corrected chi connectivity index (χ2v) is 4.01. The predicted molar refractivity (Wildman–Crippen MR) is 62.4 cm³/mol. The fraction of sp³-hybridized carbons (Fsp3) is 0.625. The fourth-order valence-electron chi connectivity index (χ4n) is 1.45. The number of rotatable bonds is 7. The summed E-state index contributed by atoms with van der Waals surface area (Å²) in [6.07, 6.45) is 2.78. The molecule has 0 aromatic heterocycles. The van der Waals surface area contributed by atoms with Crippen molar-refractivity contribution >= 4 is 21.8 Å². The first-order valence-corrected chi connectivity index (χ1v) is 5.94. The van der Waals surface area contributed by atoms with Gasteiger partial charge in [0.15, 0.2) is 12.7 Å². The van der Waals surface area contributed by atoms with Crippen LogP contribution in [0.3, 0.4) is 0 Å². The van der Waals surface area contributed by atoms with Crippen LogP contribution in [0.4, 0.5) is 0 Å². The Balaban J connectivity index is 2.72. The Kier molecular flexibility index (Phi) is 5.00. The van der Waals surface area contributed by atoms with Crippen LogP contribution in [-0.4, -0.2) is 52.1 Å². The molecule has 1 unspecified atom stereocenters. The predicted octanol–water partition coefficient (Wildman–Crippen LogP) is -0.145. The van der Waals surface area contributed by atoms with Crippen LogP contribution in [0.5, 0.6) is 0 Å². The summed E-state index contributed by atoms with van der Waals surface area (Å²) in [5.41, 5.74) is 0. The van der Waals surface area contributed by atoms with Gasteiger partial charge in [-0.3, -0.25) is 0 Å². The van der Waals surface area contributed by atoms with Gasteiger partial charge >= 0.3 is 0 Å². The Labute approximate surface area is 101 Å². The molecule has 0 aromatic carbocycles. The average molecular weight is 294 g/mol. The quantitative estimate of drug-likeness (QED) is 0.225. The molecule has 0 saturated carbocycles. The highest BCUT2D eigenvalue weighted by molar-refractivity contribution is 9.09. The van der Waals surface area contributed by atoms with Crippen LogP contribution in [0.2, 0.25) is 0 Å². The van der Waals surface area contributed by atoms with E-state index in [1.165, 1.54) is 12.4 Å². The lowest BCUT2D eigenvalue weighted by Gasteiger charge is -2.19. The third-order valence-electron chi connectivity index (χ3n) is 2.27. The molecule has 0 saturated heterocycles. The number of hydrogen-bond acceptors (Lipinski definition) is 5. The Hall–Kier alpha value is -0.830. The number of nitrogens with zero attached hydrogens (tertiary/aromatic N) is 3. The highest BCUT2D eigenvalue weighted by Crippen LogP contribution is 2.16. The molecule has 7 nitrogen and oxygen atoms in total. The van der Waals surface area contributed by atoms with Gasteiger partial charge in [0.2, 0.25) is 5.03 Å². The topological polar surface area (TPSA) is 87.8 Å². The third-order valence-corrected chi connectivity index (χ3v) is 2.67. The minimum Gasteiger partial charge on any atom is -0.390 e. The Morgan fingerprint density at radius 1 is 1.69 bits per heavy atom. The first-order valence-electron chi connectivity index (χ1n) is 4.82. The molecule has 0 spiro atoms. The standard InChI is InChI=1S/C8H14BrN4O3/c9-1-2-10-7-8-11-3-4-13(8,5-6-14)12(15)16/h3-4,10,14H,1-2,5-7H2/q+1. The molecule has 0 radical (unpaired) electrons. The summed E-state index contributed by atoms with van der Waals surface area (Å²) in [5, 5.41) is 23.3. The third kappa shape index (κ3) is 2.64. The van der Waals surface area contributed by atoms with E-state index in [4.69, 9.17) is 5.11 Å². The summed E-state index contributed by atoms with van der Waals surface area (Å²) in [4.78, 5) is 15.0. The molecular weight excluding hydrogens is 280 g/mol. The Morgan fingerprint density at radius 2 is 2.44 bits per heavy atom. The van der Waals surface area contributed by atoms with Crippen molar-refractivity contribution in [2.75, 3.05) is 31.6 Å². The Morgan fingerprint density at radius 3 is 3.00 bits per heavy atom. The van der Waals surface area contributed by atoms with Crippen LogP contribution < -0.4 is 5.32 Å². The van der Waals surface area contributed by atoms with Gasteiger partial charge in [-0.2, -0.15) is 4.99 Å². The van der Waals surface area contributed by atoms with Crippen LogP contribution >= 0.6 is 15.9 Å². The van der Waals surface area contributed by atoms with E-state index in [9.17, 15) is 10.1 Å². The first-order chi connectivity index (χ1) is 7.67. The summed E-state index contributed by atoms with van der Waals surface area (Å²) in [6.45, 7) is 0.774. The van der Waals surface area contributed by atoms with Gasteiger partial charge in [0.1, 0.15) is 0 Å². The van der Waals surface area contributed by atoms with E-state index < -0.39 is 9.62 Å². The van der Waals surface area contributed by atoms with E-state index in [-0.39, 0.29) is 13.2 Å². The van der Waals surface area contributed by atoms with Crippen LogP contribution in [-0.2, 0) is 0 Å². The monoisotopic (exact) mass is 293 g/mol. The zero-order valence-corrected chi connectivity index (χ0v) is 10.3. The van der Waals surface area contributed by atoms with Crippen LogP contribution in [0, 0.1) is 10.1 Å². The number of amidine groups is 1. The molecular formula is C8H14BrN4O3+. The molecule has 0 amide bonds. The van der Waals surface area contributed by atoms with E-state index in [0.717, 1.165) is 5.33 Å². The van der Waals surface area contributed by atoms with Crippen molar-refractivity contribution in [2.45, 2.75) is 0 Å². The fourth-order valence-corrected chi connectivity index (χ4v) is 1.73. The van der Waals surface area contributed by atoms with Gasteiger partial charge in [-0.1, -0.05) is 15.9 Å². The number of nitrogens with one attached hydrogen (secondary N) is 1. The molecule has 0 aromatic rings. The number of quaternary nitrogens is 1. The molecule has 1 aliphatic heterocycles. The maximum absolute atomic E-state index is 11.1. The van der Waals surface area contributed by atoms with E-state index in [0.29, 0.717) is 18.9 Å². The van der Waals surface area contributed by atoms with E-state index >= 15 is 0 Å². The molecule has 1 heterocycles. The molecule has 0 aliphatic carbocycles. The van der Waals surface area contributed by atoms with Crippen molar-refractivity contribution in [3.8, 4) is 0 Å². The van der Waals surface area contributed by atoms with E-state index in [1.54, 1.807) is 0 Å². The molecule has 1 aliphatic rings. The number of halogens is 1. The largest absolute Gasteiger partial charge is 0.390 e. The summed E-state index contributed by atoms with van der Waals surface area (Å²) in [7, 11) is 0. The molecule has 0 fully saturated rings. The van der Waals surface area contributed by atoms with Crippen molar-refractivity contribution < 1.29 is 14.7 Å². The molecule has 8 heteroatoms. The number of nitro groups is 1. The van der Waals surface area contributed by atoms with Crippen molar-refractivity contribution in [2.24, 2.45) is 4.99 Å². The van der Waals surface area contributed by atoms with E-state index in [1.807, 2.05) is 0 Å².